The van der Waals surface area contributed by atoms with Gasteiger partial charge in [-0.25, -0.2) is 0 Å². The first-order valence-corrected chi connectivity index (χ1v) is 8.89. The van der Waals surface area contributed by atoms with Gasteiger partial charge in [0.1, 0.15) is 5.75 Å². The summed E-state index contributed by atoms with van der Waals surface area (Å²) >= 11 is 5.55. The molecule has 0 spiro atoms. The summed E-state index contributed by atoms with van der Waals surface area (Å²) in [6, 6.07) is 26.4. The molecule has 0 bridgehead atoms. The molecule has 0 aromatic heterocycles. The summed E-state index contributed by atoms with van der Waals surface area (Å²) < 4.78 is 5.27. The summed E-state index contributed by atoms with van der Waals surface area (Å²) in [6.07, 6.45) is 0. The van der Waals surface area contributed by atoms with E-state index in [1.54, 1.807) is 7.11 Å². The fourth-order valence-corrected chi connectivity index (χ4v) is 2.97. The Hall–Kier alpha value is -2.85. The highest BCUT2D eigenvalue weighted by atomic mass is 32.1. The summed E-state index contributed by atoms with van der Waals surface area (Å²) in [5, 5.41) is 7.27. The Morgan fingerprint density at radius 3 is 2.08 bits per heavy atom. The number of thiocarbonyl (C=S) groups is 1. The van der Waals surface area contributed by atoms with Gasteiger partial charge in [-0.1, -0.05) is 60.2 Å². The Labute approximate surface area is 160 Å². The van der Waals surface area contributed by atoms with Crippen molar-refractivity contribution in [1.82, 2.24) is 5.32 Å². The lowest BCUT2D eigenvalue weighted by molar-refractivity contribution is 0.414. The van der Waals surface area contributed by atoms with Gasteiger partial charge in [0, 0.05) is 5.69 Å². The van der Waals surface area contributed by atoms with E-state index in [1.165, 1.54) is 5.56 Å². The summed E-state index contributed by atoms with van der Waals surface area (Å²) in [5.41, 5.74) is 4.44. The molecule has 0 saturated heterocycles. The van der Waals surface area contributed by atoms with Crippen LogP contribution >= 0.6 is 12.2 Å². The van der Waals surface area contributed by atoms with Gasteiger partial charge in [0.2, 0.25) is 0 Å². The quantitative estimate of drug-likeness (QED) is 0.620. The van der Waals surface area contributed by atoms with Crippen LogP contribution in [0.15, 0.2) is 78.9 Å². The van der Waals surface area contributed by atoms with E-state index >= 15 is 0 Å². The second-order valence-electron chi connectivity index (χ2n) is 6.08. The van der Waals surface area contributed by atoms with E-state index in [0.29, 0.717) is 5.11 Å². The molecule has 26 heavy (non-hydrogen) atoms. The third kappa shape index (κ3) is 4.61. The number of benzene rings is 3. The van der Waals surface area contributed by atoms with Crippen LogP contribution in [-0.4, -0.2) is 12.2 Å². The number of aryl methyl sites for hydroxylation is 1. The number of anilines is 1. The van der Waals surface area contributed by atoms with Crippen LogP contribution in [-0.2, 0) is 0 Å². The molecule has 0 aliphatic carbocycles. The van der Waals surface area contributed by atoms with E-state index in [-0.39, 0.29) is 6.04 Å². The van der Waals surface area contributed by atoms with Crippen molar-refractivity contribution < 1.29 is 4.74 Å². The van der Waals surface area contributed by atoms with Crippen LogP contribution in [0.2, 0.25) is 0 Å². The molecule has 0 radical (unpaired) electrons. The molecule has 4 heteroatoms. The first-order chi connectivity index (χ1) is 12.7. The predicted molar refractivity (Wildman–Crippen MR) is 112 cm³/mol. The Bertz CT molecular complexity index is 846. The van der Waals surface area contributed by atoms with Gasteiger partial charge < -0.3 is 15.4 Å². The Morgan fingerprint density at radius 2 is 1.46 bits per heavy atom. The monoisotopic (exact) mass is 362 g/mol. The third-order valence-corrected chi connectivity index (χ3v) is 4.39. The lowest BCUT2D eigenvalue weighted by Crippen LogP contribution is -2.33. The average molecular weight is 362 g/mol. The normalized spacial score (nSPS) is 11.5. The van der Waals surface area contributed by atoms with Crippen LogP contribution in [0.4, 0.5) is 5.69 Å². The zero-order valence-electron chi connectivity index (χ0n) is 14.9. The van der Waals surface area contributed by atoms with Gasteiger partial charge in [-0.3, -0.25) is 0 Å². The van der Waals surface area contributed by atoms with Crippen LogP contribution in [0.5, 0.6) is 5.75 Å². The van der Waals surface area contributed by atoms with Crippen LogP contribution in [0, 0.1) is 6.92 Å². The van der Waals surface area contributed by atoms with Crippen LogP contribution < -0.4 is 15.4 Å². The number of ether oxygens (including phenoxy) is 1. The topological polar surface area (TPSA) is 33.3 Å². The van der Waals surface area contributed by atoms with Gasteiger partial charge in [0.15, 0.2) is 5.11 Å². The lowest BCUT2D eigenvalue weighted by atomic mass is 9.99. The summed E-state index contributed by atoms with van der Waals surface area (Å²) in [6.45, 7) is 2.06. The maximum atomic E-state index is 5.55. The van der Waals surface area contributed by atoms with E-state index in [0.717, 1.165) is 22.6 Å². The van der Waals surface area contributed by atoms with E-state index < -0.39 is 0 Å². The number of methoxy groups -OCH3 is 1. The fourth-order valence-electron chi connectivity index (χ4n) is 2.74. The molecule has 3 rings (SSSR count). The average Bonchev–Trinajstić information content (AvgIpc) is 2.69. The zero-order valence-corrected chi connectivity index (χ0v) is 15.7. The van der Waals surface area contributed by atoms with Gasteiger partial charge in [0.05, 0.1) is 13.2 Å². The third-order valence-electron chi connectivity index (χ3n) is 4.17. The highest BCUT2D eigenvalue weighted by Gasteiger charge is 2.15. The van der Waals surface area contributed by atoms with Crippen molar-refractivity contribution >= 4 is 23.0 Å². The number of hydrogen-bond donors (Lipinski definition) is 2. The minimum Gasteiger partial charge on any atom is -0.497 e. The van der Waals surface area contributed by atoms with Gasteiger partial charge in [0.25, 0.3) is 0 Å². The van der Waals surface area contributed by atoms with Crippen LogP contribution in [0.1, 0.15) is 22.7 Å². The molecule has 3 aromatic carbocycles. The lowest BCUT2D eigenvalue weighted by Gasteiger charge is -2.22. The van der Waals surface area contributed by atoms with Crippen molar-refractivity contribution in [3.63, 3.8) is 0 Å². The van der Waals surface area contributed by atoms with Gasteiger partial charge >= 0.3 is 0 Å². The number of hydrogen-bond acceptors (Lipinski definition) is 2. The van der Waals surface area contributed by atoms with Crippen molar-refractivity contribution in [2.75, 3.05) is 12.4 Å². The van der Waals surface area contributed by atoms with Crippen molar-refractivity contribution in [2.24, 2.45) is 0 Å². The summed E-state index contributed by atoms with van der Waals surface area (Å²) in [5.74, 6) is 0.834. The zero-order chi connectivity index (χ0) is 18.4. The highest BCUT2D eigenvalue weighted by molar-refractivity contribution is 7.80. The van der Waals surface area contributed by atoms with Gasteiger partial charge in [-0.2, -0.15) is 0 Å². The molecule has 0 amide bonds. The molecule has 2 N–H and O–H groups in total. The molecule has 3 aromatic rings. The van der Waals surface area contributed by atoms with Crippen LogP contribution in [0.3, 0.4) is 0 Å². The molecule has 1 atom stereocenters. The molecule has 0 aliphatic heterocycles. The van der Waals surface area contributed by atoms with E-state index in [1.807, 2.05) is 42.5 Å². The standard InChI is InChI=1S/C22H22N2OS/c1-16-8-12-19(13-9-16)23-22(26)24-21(17-6-4-3-5-7-17)18-10-14-20(25-2)15-11-18/h3-15,21H,1-2H3,(H2,23,24,26)/t21-/m0/s1. The van der Waals surface area contributed by atoms with Crippen molar-refractivity contribution in [3.8, 4) is 5.75 Å². The summed E-state index contributed by atoms with van der Waals surface area (Å²) in [7, 11) is 1.67. The van der Waals surface area contributed by atoms with E-state index in [9.17, 15) is 0 Å². The van der Waals surface area contributed by atoms with Gasteiger partial charge in [-0.15, -0.1) is 0 Å². The van der Waals surface area contributed by atoms with Gasteiger partial charge in [-0.05, 0) is 54.5 Å². The smallest absolute Gasteiger partial charge is 0.171 e. The Balaban J connectivity index is 1.81. The molecule has 0 aliphatic rings. The Morgan fingerprint density at radius 1 is 0.846 bits per heavy atom. The molecule has 132 valence electrons. The largest absolute Gasteiger partial charge is 0.497 e. The van der Waals surface area contributed by atoms with E-state index in [2.05, 4.69) is 54.0 Å². The molecular weight excluding hydrogens is 340 g/mol. The van der Waals surface area contributed by atoms with Crippen molar-refractivity contribution in [2.45, 2.75) is 13.0 Å². The second kappa shape index (κ2) is 8.50. The molecule has 0 saturated carbocycles. The van der Waals surface area contributed by atoms with Crippen molar-refractivity contribution in [1.29, 1.82) is 0 Å². The summed E-state index contributed by atoms with van der Waals surface area (Å²) in [4.78, 5) is 0. The molecular formula is C22H22N2OS. The number of nitrogens with one attached hydrogen (secondary N) is 2. The second-order valence-corrected chi connectivity index (χ2v) is 6.49. The molecule has 3 nitrogen and oxygen atoms in total. The molecule has 0 fully saturated rings. The highest BCUT2D eigenvalue weighted by Crippen LogP contribution is 2.24. The SMILES string of the molecule is COc1ccc([C@@H](NC(=S)Nc2ccc(C)cc2)c2ccccc2)cc1. The minimum absolute atomic E-state index is 0.0486. The maximum Gasteiger partial charge on any atom is 0.171 e. The van der Waals surface area contributed by atoms with Crippen molar-refractivity contribution in [3.05, 3.63) is 95.6 Å². The first-order valence-electron chi connectivity index (χ1n) is 8.49. The van der Waals surface area contributed by atoms with Crippen LogP contribution in [0.25, 0.3) is 0 Å². The maximum absolute atomic E-state index is 5.55. The van der Waals surface area contributed by atoms with E-state index in [4.69, 9.17) is 17.0 Å². The predicted octanol–water partition coefficient (Wildman–Crippen LogP) is 5.08. The first kappa shape index (κ1) is 18.0. The molecule has 0 unspecified atom stereocenters. The molecule has 0 heterocycles. The Kier molecular flexibility index (Phi) is 5.87. The minimum atomic E-state index is -0.0486. The fraction of sp³-hybridized carbons (Fsp3) is 0.136. The number of rotatable bonds is 5.